The molecule has 1 aromatic carbocycles. The second kappa shape index (κ2) is 4.31. The largest absolute Gasteiger partial charge is 0.480 e. The van der Waals surface area contributed by atoms with Crippen molar-refractivity contribution in [1.29, 1.82) is 0 Å². The normalized spacial score (nSPS) is 30.6. The lowest BCUT2D eigenvalue weighted by atomic mass is 10.0. The van der Waals surface area contributed by atoms with Crippen molar-refractivity contribution in [2.45, 2.75) is 36.2 Å². The molecular formula is C13H15NO4S. The molecule has 1 heterocycles. The Morgan fingerprint density at radius 1 is 1.21 bits per heavy atom. The molecule has 2 unspecified atom stereocenters. The molecule has 5 nitrogen and oxygen atoms in total. The molecule has 0 spiro atoms. The number of piperidine rings is 1. The molecule has 0 radical (unpaired) electrons. The van der Waals surface area contributed by atoms with E-state index in [9.17, 15) is 18.3 Å². The van der Waals surface area contributed by atoms with Gasteiger partial charge in [0.05, 0.1) is 4.90 Å². The fourth-order valence-electron chi connectivity index (χ4n) is 3.31. The van der Waals surface area contributed by atoms with Crippen molar-refractivity contribution in [3.05, 3.63) is 30.3 Å². The minimum absolute atomic E-state index is 0.0408. The van der Waals surface area contributed by atoms with Gasteiger partial charge in [0, 0.05) is 6.04 Å². The van der Waals surface area contributed by atoms with Crippen LogP contribution in [0, 0.1) is 5.92 Å². The highest BCUT2D eigenvalue weighted by molar-refractivity contribution is 7.89. The number of nitrogens with zero attached hydrogens (tertiary/aromatic N) is 1. The Morgan fingerprint density at radius 3 is 2.53 bits per heavy atom. The van der Waals surface area contributed by atoms with Crippen LogP contribution in [0.2, 0.25) is 0 Å². The molecule has 1 aliphatic carbocycles. The zero-order valence-electron chi connectivity index (χ0n) is 10.3. The van der Waals surface area contributed by atoms with Crippen LogP contribution in [0.1, 0.15) is 19.3 Å². The summed E-state index contributed by atoms with van der Waals surface area (Å²) in [4.78, 5) is 11.5. The van der Waals surface area contributed by atoms with Crippen LogP contribution in [0.5, 0.6) is 0 Å². The molecule has 1 aromatic rings. The van der Waals surface area contributed by atoms with Crippen molar-refractivity contribution in [2.24, 2.45) is 5.92 Å². The van der Waals surface area contributed by atoms with E-state index in [-0.39, 0.29) is 16.9 Å². The third-order valence-electron chi connectivity index (χ3n) is 4.10. The SMILES string of the molecule is O=C(O)[C@@H]1C2CCC(C2)N1S(=O)(=O)c1ccccc1. The smallest absolute Gasteiger partial charge is 0.322 e. The monoisotopic (exact) mass is 281 g/mol. The second-order valence-electron chi connectivity index (χ2n) is 5.16. The van der Waals surface area contributed by atoms with E-state index in [0.29, 0.717) is 6.42 Å². The number of aliphatic carboxylic acids is 1. The summed E-state index contributed by atoms with van der Waals surface area (Å²) in [5, 5.41) is 9.31. The van der Waals surface area contributed by atoms with Gasteiger partial charge in [0.15, 0.2) is 0 Å². The molecule has 102 valence electrons. The number of fused-ring (bicyclic) bond motifs is 2. The van der Waals surface area contributed by atoms with Crippen LogP contribution < -0.4 is 0 Å². The summed E-state index contributed by atoms with van der Waals surface area (Å²) < 4.78 is 26.4. The summed E-state index contributed by atoms with van der Waals surface area (Å²) in [6, 6.07) is 7.01. The predicted octanol–water partition coefficient (Wildman–Crippen LogP) is 1.31. The first-order valence-electron chi connectivity index (χ1n) is 6.33. The molecule has 2 bridgehead atoms. The fraction of sp³-hybridized carbons (Fsp3) is 0.462. The van der Waals surface area contributed by atoms with E-state index in [2.05, 4.69) is 0 Å². The quantitative estimate of drug-likeness (QED) is 0.906. The van der Waals surface area contributed by atoms with Crippen molar-refractivity contribution >= 4 is 16.0 Å². The lowest BCUT2D eigenvalue weighted by Crippen LogP contribution is -2.48. The first kappa shape index (κ1) is 12.6. The Kier molecular flexibility index (Phi) is 2.87. The minimum Gasteiger partial charge on any atom is -0.480 e. The first-order valence-corrected chi connectivity index (χ1v) is 7.77. The molecule has 6 heteroatoms. The molecule has 1 saturated heterocycles. The van der Waals surface area contributed by atoms with Gasteiger partial charge in [-0.25, -0.2) is 8.42 Å². The molecule has 3 rings (SSSR count). The number of benzene rings is 1. The maximum Gasteiger partial charge on any atom is 0.322 e. The van der Waals surface area contributed by atoms with E-state index in [0.717, 1.165) is 12.8 Å². The molecular weight excluding hydrogens is 266 g/mol. The van der Waals surface area contributed by atoms with Crippen LogP contribution in [0.25, 0.3) is 0 Å². The topological polar surface area (TPSA) is 74.7 Å². The van der Waals surface area contributed by atoms with Gasteiger partial charge in [0.25, 0.3) is 0 Å². The number of carboxylic acids is 1. The van der Waals surface area contributed by atoms with E-state index in [1.165, 1.54) is 16.4 Å². The summed E-state index contributed by atoms with van der Waals surface area (Å²) in [7, 11) is -3.71. The zero-order valence-corrected chi connectivity index (χ0v) is 11.1. The third-order valence-corrected chi connectivity index (χ3v) is 6.05. The Balaban J connectivity index is 2.03. The highest BCUT2D eigenvalue weighted by atomic mass is 32.2. The highest BCUT2D eigenvalue weighted by Gasteiger charge is 2.54. The lowest BCUT2D eigenvalue weighted by molar-refractivity contribution is -0.142. The average molecular weight is 281 g/mol. The van der Waals surface area contributed by atoms with Crippen LogP contribution in [0.15, 0.2) is 35.2 Å². The number of rotatable bonds is 3. The molecule has 1 saturated carbocycles. The summed E-state index contributed by atoms with van der Waals surface area (Å²) in [5.74, 6) is -1.08. The Labute approximate surface area is 111 Å². The van der Waals surface area contributed by atoms with Crippen LogP contribution in [0.3, 0.4) is 0 Å². The van der Waals surface area contributed by atoms with Gasteiger partial charge in [-0.05, 0) is 37.3 Å². The maximum absolute atomic E-state index is 12.6. The molecule has 2 aliphatic rings. The van der Waals surface area contributed by atoms with Crippen molar-refractivity contribution in [2.75, 3.05) is 0 Å². The maximum atomic E-state index is 12.6. The van der Waals surface area contributed by atoms with Crippen LogP contribution in [0.4, 0.5) is 0 Å². The number of sulfonamides is 1. The van der Waals surface area contributed by atoms with E-state index >= 15 is 0 Å². The summed E-state index contributed by atoms with van der Waals surface area (Å²) in [6.45, 7) is 0. The van der Waals surface area contributed by atoms with Gasteiger partial charge < -0.3 is 5.11 Å². The van der Waals surface area contributed by atoms with Gasteiger partial charge in [-0.1, -0.05) is 18.2 Å². The van der Waals surface area contributed by atoms with E-state index < -0.39 is 22.0 Å². The van der Waals surface area contributed by atoms with Crippen molar-refractivity contribution in [3.63, 3.8) is 0 Å². The van der Waals surface area contributed by atoms with Gasteiger partial charge in [-0.3, -0.25) is 4.79 Å². The minimum atomic E-state index is -3.71. The molecule has 2 fully saturated rings. The molecule has 3 atom stereocenters. The Morgan fingerprint density at radius 2 is 1.89 bits per heavy atom. The third kappa shape index (κ3) is 1.86. The van der Waals surface area contributed by atoms with Crippen LogP contribution in [-0.4, -0.2) is 35.9 Å². The van der Waals surface area contributed by atoms with E-state index in [1.54, 1.807) is 18.2 Å². The predicted molar refractivity (Wildman–Crippen MR) is 68.0 cm³/mol. The number of carbonyl (C=O) groups is 1. The van der Waals surface area contributed by atoms with Crippen molar-refractivity contribution < 1.29 is 18.3 Å². The van der Waals surface area contributed by atoms with Gasteiger partial charge in [0.1, 0.15) is 6.04 Å². The van der Waals surface area contributed by atoms with E-state index in [1.807, 2.05) is 0 Å². The Hall–Kier alpha value is -1.40. The fourth-order valence-corrected chi connectivity index (χ4v) is 5.20. The second-order valence-corrected chi connectivity index (χ2v) is 7.00. The molecule has 19 heavy (non-hydrogen) atoms. The van der Waals surface area contributed by atoms with Crippen LogP contribution in [-0.2, 0) is 14.8 Å². The van der Waals surface area contributed by atoms with Gasteiger partial charge in [-0.15, -0.1) is 0 Å². The lowest BCUT2D eigenvalue weighted by Gasteiger charge is -2.31. The summed E-state index contributed by atoms with van der Waals surface area (Å²) in [5.41, 5.74) is 0. The average Bonchev–Trinajstić information content (AvgIpc) is 3.00. The zero-order chi connectivity index (χ0) is 13.6. The molecule has 1 aliphatic heterocycles. The summed E-state index contributed by atoms with van der Waals surface area (Å²) >= 11 is 0. The van der Waals surface area contributed by atoms with Crippen molar-refractivity contribution in [3.8, 4) is 0 Å². The number of hydrogen-bond acceptors (Lipinski definition) is 3. The first-order chi connectivity index (χ1) is 9.01. The number of carboxylic acid groups (broad SMARTS) is 1. The Bertz CT molecular complexity index is 598. The molecule has 1 N–H and O–H groups in total. The van der Waals surface area contributed by atoms with Crippen molar-refractivity contribution in [1.82, 2.24) is 4.31 Å². The van der Waals surface area contributed by atoms with Crippen LogP contribution >= 0.6 is 0 Å². The molecule has 0 aromatic heterocycles. The molecule has 0 amide bonds. The van der Waals surface area contributed by atoms with Gasteiger partial charge in [0.2, 0.25) is 10.0 Å². The standard InChI is InChI=1S/C13H15NO4S/c15-13(16)12-9-6-7-10(8-9)14(12)19(17,18)11-4-2-1-3-5-11/h1-5,9-10,12H,6-8H2,(H,15,16)/t9?,10?,12-/m0/s1. The summed E-state index contributed by atoms with van der Waals surface area (Å²) in [6.07, 6.45) is 2.24. The van der Waals surface area contributed by atoms with E-state index in [4.69, 9.17) is 0 Å². The van der Waals surface area contributed by atoms with Gasteiger partial charge in [-0.2, -0.15) is 4.31 Å². The number of hydrogen-bond donors (Lipinski definition) is 1. The highest BCUT2D eigenvalue weighted by Crippen LogP contribution is 2.45. The van der Waals surface area contributed by atoms with Gasteiger partial charge >= 0.3 is 5.97 Å².